The summed E-state index contributed by atoms with van der Waals surface area (Å²) < 4.78 is 0. The van der Waals surface area contributed by atoms with E-state index in [9.17, 15) is 4.79 Å². The maximum absolute atomic E-state index is 12.1. The van der Waals surface area contributed by atoms with Crippen LogP contribution in [0, 0.1) is 5.92 Å². The number of amides is 1. The molecule has 0 spiro atoms. The van der Waals surface area contributed by atoms with Gasteiger partial charge in [0.05, 0.1) is 11.7 Å². The Kier molecular flexibility index (Phi) is 4.88. The van der Waals surface area contributed by atoms with Gasteiger partial charge in [0, 0.05) is 12.6 Å². The van der Waals surface area contributed by atoms with E-state index in [1.807, 2.05) is 62.4 Å². The summed E-state index contributed by atoms with van der Waals surface area (Å²) in [6.07, 6.45) is 2.27. The molecule has 20 heavy (non-hydrogen) atoms. The molecule has 0 saturated carbocycles. The molecule has 0 unspecified atom stereocenters. The minimum atomic E-state index is -0.191. The van der Waals surface area contributed by atoms with Gasteiger partial charge >= 0.3 is 0 Å². The molecule has 0 aliphatic carbocycles. The van der Waals surface area contributed by atoms with Gasteiger partial charge in [0.2, 0.25) is 5.91 Å². The van der Waals surface area contributed by atoms with Crippen LogP contribution >= 0.6 is 0 Å². The second kappa shape index (κ2) is 6.85. The molecule has 0 fully saturated rings. The van der Waals surface area contributed by atoms with Crippen LogP contribution < -0.4 is 5.32 Å². The highest BCUT2D eigenvalue weighted by Gasteiger charge is 2.18. The Morgan fingerprint density at radius 3 is 2.40 bits per heavy atom. The molecule has 104 valence electrons. The number of benzene rings is 1. The molecule has 3 nitrogen and oxygen atoms in total. The molecule has 1 atom stereocenters. The maximum atomic E-state index is 12.1. The van der Waals surface area contributed by atoms with Crippen molar-refractivity contribution in [1.82, 2.24) is 10.3 Å². The van der Waals surface area contributed by atoms with Crippen molar-refractivity contribution in [2.45, 2.75) is 26.3 Å². The van der Waals surface area contributed by atoms with E-state index in [-0.39, 0.29) is 11.9 Å². The standard InChI is InChI=1S/C17H20N2O/c1-13(2)12-16(20)19-17(14-8-4-3-5-9-14)15-10-6-7-11-18-15/h3-11,13,17H,12H2,1-2H3,(H,19,20)/t17-/m0/s1. The van der Waals surface area contributed by atoms with E-state index in [1.165, 1.54) is 0 Å². The van der Waals surface area contributed by atoms with Crippen LogP contribution in [0.5, 0.6) is 0 Å². The zero-order valence-electron chi connectivity index (χ0n) is 11.9. The van der Waals surface area contributed by atoms with Crippen LogP contribution in [-0.4, -0.2) is 10.9 Å². The van der Waals surface area contributed by atoms with Crippen LogP contribution in [0.3, 0.4) is 0 Å². The van der Waals surface area contributed by atoms with E-state index in [0.717, 1.165) is 11.3 Å². The van der Waals surface area contributed by atoms with Gasteiger partial charge in [-0.2, -0.15) is 0 Å². The zero-order chi connectivity index (χ0) is 14.4. The molecule has 1 heterocycles. The van der Waals surface area contributed by atoms with Gasteiger partial charge in [-0.25, -0.2) is 0 Å². The summed E-state index contributed by atoms with van der Waals surface area (Å²) in [6, 6.07) is 15.5. The molecule has 1 aromatic heterocycles. The van der Waals surface area contributed by atoms with Crippen molar-refractivity contribution < 1.29 is 4.79 Å². The van der Waals surface area contributed by atoms with Gasteiger partial charge in [-0.1, -0.05) is 50.2 Å². The Labute approximate surface area is 120 Å². The van der Waals surface area contributed by atoms with Gasteiger partial charge in [0.15, 0.2) is 0 Å². The Hall–Kier alpha value is -2.16. The molecule has 0 bridgehead atoms. The van der Waals surface area contributed by atoms with Crippen molar-refractivity contribution in [2.75, 3.05) is 0 Å². The number of hydrogen-bond acceptors (Lipinski definition) is 2. The summed E-state index contributed by atoms with van der Waals surface area (Å²) in [6.45, 7) is 4.08. The molecule has 0 aliphatic rings. The molecular weight excluding hydrogens is 248 g/mol. The molecule has 1 N–H and O–H groups in total. The Balaban J connectivity index is 2.24. The van der Waals surface area contributed by atoms with Crippen molar-refractivity contribution in [3.8, 4) is 0 Å². The highest BCUT2D eigenvalue weighted by atomic mass is 16.1. The fraction of sp³-hybridized carbons (Fsp3) is 0.294. The first-order chi connectivity index (χ1) is 9.66. The van der Waals surface area contributed by atoms with Gasteiger partial charge in [-0.05, 0) is 23.6 Å². The number of carbonyl (C=O) groups is 1. The smallest absolute Gasteiger partial charge is 0.221 e. The van der Waals surface area contributed by atoms with Gasteiger partial charge in [0.25, 0.3) is 0 Å². The lowest BCUT2D eigenvalue weighted by Crippen LogP contribution is -2.30. The van der Waals surface area contributed by atoms with Crippen molar-refractivity contribution in [1.29, 1.82) is 0 Å². The second-order valence-electron chi connectivity index (χ2n) is 5.26. The Morgan fingerprint density at radius 2 is 1.80 bits per heavy atom. The van der Waals surface area contributed by atoms with Crippen molar-refractivity contribution >= 4 is 5.91 Å². The quantitative estimate of drug-likeness (QED) is 0.903. The third-order valence-corrected chi connectivity index (χ3v) is 3.02. The lowest BCUT2D eigenvalue weighted by atomic mass is 10.0. The monoisotopic (exact) mass is 268 g/mol. The summed E-state index contributed by atoms with van der Waals surface area (Å²) >= 11 is 0. The minimum Gasteiger partial charge on any atom is -0.344 e. The summed E-state index contributed by atoms with van der Waals surface area (Å²) in [4.78, 5) is 16.4. The average molecular weight is 268 g/mol. The molecule has 3 heteroatoms. The summed E-state index contributed by atoms with van der Waals surface area (Å²) in [5.41, 5.74) is 1.90. The van der Waals surface area contributed by atoms with Gasteiger partial charge in [-0.3, -0.25) is 9.78 Å². The SMILES string of the molecule is CC(C)CC(=O)N[C@@H](c1ccccc1)c1ccccn1. The lowest BCUT2D eigenvalue weighted by molar-refractivity contribution is -0.122. The largest absolute Gasteiger partial charge is 0.344 e. The third kappa shape index (κ3) is 3.92. The first-order valence-corrected chi connectivity index (χ1v) is 6.92. The first kappa shape index (κ1) is 14.3. The van der Waals surface area contributed by atoms with Crippen LogP contribution in [0.15, 0.2) is 54.7 Å². The van der Waals surface area contributed by atoms with E-state index in [4.69, 9.17) is 0 Å². The van der Waals surface area contributed by atoms with E-state index in [2.05, 4.69) is 10.3 Å². The highest BCUT2D eigenvalue weighted by Crippen LogP contribution is 2.20. The molecule has 1 aromatic carbocycles. The summed E-state index contributed by atoms with van der Waals surface area (Å²) in [7, 11) is 0. The van der Waals surface area contributed by atoms with E-state index in [0.29, 0.717) is 12.3 Å². The summed E-state index contributed by atoms with van der Waals surface area (Å²) in [5.74, 6) is 0.398. The molecule has 0 aliphatic heterocycles. The van der Waals surface area contributed by atoms with Gasteiger partial charge in [-0.15, -0.1) is 0 Å². The fourth-order valence-electron chi connectivity index (χ4n) is 2.11. The number of pyridine rings is 1. The second-order valence-corrected chi connectivity index (χ2v) is 5.26. The molecule has 0 saturated heterocycles. The van der Waals surface area contributed by atoms with Crippen LogP contribution in [0.2, 0.25) is 0 Å². The normalized spacial score (nSPS) is 12.2. The lowest BCUT2D eigenvalue weighted by Gasteiger charge is -2.19. The molecule has 0 radical (unpaired) electrons. The highest BCUT2D eigenvalue weighted by molar-refractivity contribution is 5.77. The Bertz CT molecular complexity index is 498. The van der Waals surface area contributed by atoms with Crippen LogP contribution in [0.4, 0.5) is 0 Å². The van der Waals surface area contributed by atoms with E-state index in [1.54, 1.807) is 6.20 Å². The van der Waals surface area contributed by atoms with Gasteiger partial charge < -0.3 is 5.32 Å². The average Bonchev–Trinajstić information content (AvgIpc) is 2.46. The number of rotatable bonds is 5. The van der Waals surface area contributed by atoms with E-state index >= 15 is 0 Å². The third-order valence-electron chi connectivity index (χ3n) is 3.02. The zero-order valence-corrected chi connectivity index (χ0v) is 11.9. The number of nitrogens with zero attached hydrogens (tertiary/aromatic N) is 1. The van der Waals surface area contributed by atoms with Crippen LogP contribution in [0.1, 0.15) is 37.6 Å². The Morgan fingerprint density at radius 1 is 1.10 bits per heavy atom. The van der Waals surface area contributed by atoms with E-state index < -0.39 is 0 Å². The van der Waals surface area contributed by atoms with Crippen LogP contribution in [-0.2, 0) is 4.79 Å². The number of carbonyl (C=O) groups excluding carboxylic acids is 1. The van der Waals surface area contributed by atoms with Crippen molar-refractivity contribution in [3.05, 3.63) is 66.0 Å². The minimum absolute atomic E-state index is 0.0551. The number of hydrogen-bond donors (Lipinski definition) is 1. The van der Waals surface area contributed by atoms with Gasteiger partial charge in [0.1, 0.15) is 0 Å². The molecular formula is C17H20N2O. The molecule has 1 amide bonds. The van der Waals surface area contributed by atoms with Crippen LogP contribution in [0.25, 0.3) is 0 Å². The summed E-state index contributed by atoms with van der Waals surface area (Å²) in [5, 5.41) is 3.08. The topological polar surface area (TPSA) is 42.0 Å². The predicted octanol–water partition coefficient (Wildman–Crippen LogP) is 3.33. The van der Waals surface area contributed by atoms with Crippen molar-refractivity contribution in [2.24, 2.45) is 5.92 Å². The predicted molar refractivity (Wildman–Crippen MR) is 80.1 cm³/mol. The fourth-order valence-corrected chi connectivity index (χ4v) is 2.11. The number of nitrogens with one attached hydrogen (secondary N) is 1. The molecule has 2 rings (SSSR count). The maximum Gasteiger partial charge on any atom is 0.221 e. The number of aromatic nitrogens is 1. The first-order valence-electron chi connectivity index (χ1n) is 6.92. The molecule has 2 aromatic rings. The van der Waals surface area contributed by atoms with Crippen molar-refractivity contribution in [3.63, 3.8) is 0 Å².